The molecule has 0 unspecified atom stereocenters. The first-order valence-corrected chi connectivity index (χ1v) is 9.55. The van der Waals surface area contributed by atoms with Gasteiger partial charge in [0.05, 0.1) is 24.8 Å². The van der Waals surface area contributed by atoms with E-state index in [1.807, 2.05) is 0 Å². The maximum Gasteiger partial charge on any atom is 0.264 e. The molecular formula is C19H22N2O5S. The first kappa shape index (κ1) is 20.3. The highest BCUT2D eigenvalue weighted by Crippen LogP contribution is 2.35. The Morgan fingerprint density at radius 2 is 1.85 bits per heavy atom. The molecule has 0 aromatic heterocycles. The van der Waals surface area contributed by atoms with E-state index < -0.39 is 22.5 Å². The van der Waals surface area contributed by atoms with E-state index >= 15 is 0 Å². The van der Waals surface area contributed by atoms with Crippen molar-refractivity contribution in [3.8, 4) is 11.5 Å². The molecule has 0 aliphatic rings. The maximum absolute atomic E-state index is 13.2. The molecule has 8 heteroatoms. The van der Waals surface area contributed by atoms with Gasteiger partial charge in [0.2, 0.25) is 5.91 Å². The summed E-state index contributed by atoms with van der Waals surface area (Å²) in [6.45, 7) is 3.34. The Morgan fingerprint density at radius 3 is 2.44 bits per heavy atom. The standard InChI is InChI=1S/C19H22N2O5S/c1-4-12-20-19(22)14-21(27(23,24)16-8-6-5-7-9-16)17-13-15(25-2)10-11-18(17)26-3/h4-11,13H,1,12,14H2,2-3H3,(H,20,22). The lowest BCUT2D eigenvalue weighted by Crippen LogP contribution is -2.41. The summed E-state index contributed by atoms with van der Waals surface area (Å²) in [6.07, 6.45) is 1.51. The highest BCUT2D eigenvalue weighted by molar-refractivity contribution is 7.92. The molecule has 1 N–H and O–H groups in total. The van der Waals surface area contributed by atoms with Crippen LogP contribution < -0.4 is 19.1 Å². The van der Waals surface area contributed by atoms with Crippen molar-refractivity contribution in [2.75, 3.05) is 31.6 Å². The molecule has 0 spiro atoms. The van der Waals surface area contributed by atoms with E-state index in [1.54, 1.807) is 30.3 Å². The van der Waals surface area contributed by atoms with Crippen LogP contribution in [0.15, 0.2) is 66.1 Å². The normalized spacial score (nSPS) is 10.7. The second-order valence-electron chi connectivity index (χ2n) is 5.46. The van der Waals surface area contributed by atoms with Gasteiger partial charge in [0.1, 0.15) is 18.0 Å². The summed E-state index contributed by atoms with van der Waals surface area (Å²) in [5.74, 6) is 0.261. The summed E-state index contributed by atoms with van der Waals surface area (Å²) in [5.41, 5.74) is 0.203. The van der Waals surface area contributed by atoms with Crippen molar-refractivity contribution < 1.29 is 22.7 Å². The average Bonchev–Trinajstić information content (AvgIpc) is 2.70. The monoisotopic (exact) mass is 390 g/mol. The smallest absolute Gasteiger partial charge is 0.264 e. The highest BCUT2D eigenvalue weighted by atomic mass is 32.2. The molecule has 0 bridgehead atoms. The number of sulfonamides is 1. The first-order valence-electron chi connectivity index (χ1n) is 8.11. The molecule has 7 nitrogen and oxygen atoms in total. The number of rotatable bonds is 9. The minimum absolute atomic E-state index is 0.0615. The van der Waals surface area contributed by atoms with Crippen LogP contribution >= 0.6 is 0 Å². The van der Waals surface area contributed by atoms with Gasteiger partial charge in [-0.05, 0) is 24.3 Å². The number of hydrogen-bond donors (Lipinski definition) is 1. The molecule has 144 valence electrons. The number of benzene rings is 2. The Labute approximate surface area is 159 Å². The van der Waals surface area contributed by atoms with Crippen LogP contribution in [-0.4, -0.2) is 41.6 Å². The van der Waals surface area contributed by atoms with Gasteiger partial charge in [-0.25, -0.2) is 8.42 Å². The third-order valence-electron chi connectivity index (χ3n) is 3.72. The first-order chi connectivity index (χ1) is 12.9. The Bertz CT molecular complexity index is 898. The minimum Gasteiger partial charge on any atom is -0.497 e. The van der Waals surface area contributed by atoms with Crippen molar-refractivity contribution >= 4 is 21.6 Å². The molecule has 27 heavy (non-hydrogen) atoms. The van der Waals surface area contributed by atoms with Crippen molar-refractivity contribution in [3.05, 3.63) is 61.2 Å². The molecule has 2 rings (SSSR count). The van der Waals surface area contributed by atoms with Crippen LogP contribution in [-0.2, 0) is 14.8 Å². The molecule has 2 aromatic carbocycles. The van der Waals surface area contributed by atoms with Crippen molar-refractivity contribution in [3.63, 3.8) is 0 Å². The second-order valence-corrected chi connectivity index (χ2v) is 7.32. The van der Waals surface area contributed by atoms with Crippen LogP contribution in [0.1, 0.15) is 0 Å². The number of amides is 1. The fraction of sp³-hybridized carbons (Fsp3) is 0.211. The van der Waals surface area contributed by atoms with Crippen LogP contribution in [0.25, 0.3) is 0 Å². The minimum atomic E-state index is -4.02. The molecule has 0 saturated heterocycles. The van der Waals surface area contributed by atoms with Crippen molar-refractivity contribution in [1.82, 2.24) is 5.32 Å². The van der Waals surface area contributed by atoms with Crippen LogP contribution in [0, 0.1) is 0 Å². The zero-order chi connectivity index (χ0) is 19.9. The fourth-order valence-electron chi connectivity index (χ4n) is 2.38. The summed E-state index contributed by atoms with van der Waals surface area (Å²) < 4.78 is 38.0. The van der Waals surface area contributed by atoms with Crippen LogP contribution in [0.4, 0.5) is 5.69 Å². The lowest BCUT2D eigenvalue weighted by Gasteiger charge is -2.26. The van der Waals surface area contributed by atoms with Gasteiger partial charge in [-0.2, -0.15) is 0 Å². The SMILES string of the molecule is C=CCNC(=O)CN(c1cc(OC)ccc1OC)S(=O)(=O)c1ccccc1. The number of carbonyl (C=O) groups is 1. The predicted octanol–water partition coefficient (Wildman–Crippen LogP) is 2.20. The number of nitrogens with one attached hydrogen (secondary N) is 1. The Kier molecular flexibility index (Phi) is 6.84. The predicted molar refractivity (Wildman–Crippen MR) is 104 cm³/mol. The van der Waals surface area contributed by atoms with Gasteiger partial charge in [0.15, 0.2) is 0 Å². The van der Waals surface area contributed by atoms with Gasteiger partial charge in [-0.1, -0.05) is 24.3 Å². The van der Waals surface area contributed by atoms with E-state index in [4.69, 9.17) is 9.47 Å². The molecule has 0 radical (unpaired) electrons. The lowest BCUT2D eigenvalue weighted by atomic mass is 10.2. The van der Waals surface area contributed by atoms with Gasteiger partial charge < -0.3 is 14.8 Å². The second kappa shape index (κ2) is 9.09. The Morgan fingerprint density at radius 1 is 1.15 bits per heavy atom. The van der Waals surface area contributed by atoms with E-state index in [9.17, 15) is 13.2 Å². The largest absolute Gasteiger partial charge is 0.497 e. The van der Waals surface area contributed by atoms with E-state index in [1.165, 1.54) is 38.5 Å². The van der Waals surface area contributed by atoms with Crippen LogP contribution in [0.5, 0.6) is 11.5 Å². The van der Waals surface area contributed by atoms with Crippen molar-refractivity contribution in [1.29, 1.82) is 0 Å². The molecule has 0 aliphatic heterocycles. The van der Waals surface area contributed by atoms with Gasteiger partial charge in [0, 0.05) is 12.6 Å². The van der Waals surface area contributed by atoms with E-state index in [-0.39, 0.29) is 17.1 Å². The van der Waals surface area contributed by atoms with Gasteiger partial charge in [-0.3, -0.25) is 9.10 Å². The summed E-state index contributed by atoms with van der Waals surface area (Å²) >= 11 is 0. The number of nitrogens with zero attached hydrogens (tertiary/aromatic N) is 1. The summed E-state index contributed by atoms with van der Waals surface area (Å²) in [7, 11) is -1.12. The third-order valence-corrected chi connectivity index (χ3v) is 5.49. The molecular weight excluding hydrogens is 368 g/mol. The molecule has 0 fully saturated rings. The van der Waals surface area contributed by atoms with E-state index in [2.05, 4.69) is 11.9 Å². The molecule has 0 saturated carbocycles. The number of carbonyl (C=O) groups excluding carboxylic acids is 1. The number of hydrogen-bond acceptors (Lipinski definition) is 5. The summed E-state index contributed by atoms with van der Waals surface area (Å²) in [6, 6.07) is 12.6. The molecule has 0 heterocycles. The fourth-order valence-corrected chi connectivity index (χ4v) is 3.83. The van der Waals surface area contributed by atoms with E-state index in [0.29, 0.717) is 11.5 Å². The number of ether oxygens (including phenoxy) is 2. The molecule has 0 atom stereocenters. The van der Waals surface area contributed by atoms with Crippen molar-refractivity contribution in [2.24, 2.45) is 0 Å². The van der Waals surface area contributed by atoms with E-state index in [0.717, 1.165) is 4.31 Å². The zero-order valence-electron chi connectivity index (χ0n) is 15.2. The average molecular weight is 390 g/mol. The maximum atomic E-state index is 13.2. The molecule has 0 aliphatic carbocycles. The van der Waals surface area contributed by atoms with Gasteiger partial charge in [0.25, 0.3) is 10.0 Å². The van der Waals surface area contributed by atoms with Gasteiger partial charge >= 0.3 is 0 Å². The van der Waals surface area contributed by atoms with Gasteiger partial charge in [-0.15, -0.1) is 6.58 Å². The third kappa shape index (κ3) is 4.79. The van der Waals surface area contributed by atoms with Crippen molar-refractivity contribution in [2.45, 2.75) is 4.90 Å². The highest BCUT2D eigenvalue weighted by Gasteiger charge is 2.29. The van der Waals surface area contributed by atoms with Crippen LogP contribution in [0.3, 0.4) is 0 Å². The number of methoxy groups -OCH3 is 2. The Balaban J connectivity index is 2.57. The summed E-state index contributed by atoms with van der Waals surface area (Å²) in [5, 5.41) is 2.59. The van der Waals surface area contributed by atoms with Crippen LogP contribution in [0.2, 0.25) is 0 Å². The summed E-state index contributed by atoms with van der Waals surface area (Å²) in [4.78, 5) is 12.3. The zero-order valence-corrected chi connectivity index (χ0v) is 16.0. The Hall–Kier alpha value is -3.00. The lowest BCUT2D eigenvalue weighted by molar-refractivity contribution is -0.119. The molecule has 2 aromatic rings. The topological polar surface area (TPSA) is 84.9 Å². The quantitative estimate of drug-likeness (QED) is 0.664. The number of anilines is 1. The molecule has 1 amide bonds.